The maximum atomic E-state index is 13.1. The van der Waals surface area contributed by atoms with E-state index >= 15 is 0 Å². The third-order valence-electron chi connectivity index (χ3n) is 5.00. The summed E-state index contributed by atoms with van der Waals surface area (Å²) in [5, 5.41) is 4.30. The number of aryl methyl sites for hydroxylation is 2. The highest BCUT2D eigenvalue weighted by Gasteiger charge is 2.25. The molecule has 3 aromatic rings. The van der Waals surface area contributed by atoms with Gasteiger partial charge in [0.1, 0.15) is 18.1 Å². The summed E-state index contributed by atoms with van der Waals surface area (Å²) in [4.78, 5) is 27.1. The number of benzene rings is 2. The molecule has 1 aliphatic rings. The summed E-state index contributed by atoms with van der Waals surface area (Å²) >= 11 is 0. The minimum atomic E-state index is -0.257. The fourth-order valence-electron chi connectivity index (χ4n) is 3.57. The van der Waals surface area contributed by atoms with Crippen molar-refractivity contribution in [2.75, 3.05) is 18.1 Å². The summed E-state index contributed by atoms with van der Waals surface area (Å²) in [6, 6.07) is 18.4. The maximum absolute atomic E-state index is 13.1. The first-order chi connectivity index (χ1) is 14.1. The Labute approximate surface area is 169 Å². The van der Waals surface area contributed by atoms with Crippen LogP contribution in [0.5, 0.6) is 5.75 Å². The zero-order valence-corrected chi connectivity index (χ0v) is 16.4. The number of para-hydroxylation sites is 1. The van der Waals surface area contributed by atoms with E-state index in [0.717, 1.165) is 24.3 Å². The Morgan fingerprint density at radius 3 is 2.76 bits per heavy atom. The lowest BCUT2D eigenvalue weighted by Crippen LogP contribution is -2.37. The molecule has 1 amide bonds. The molecule has 2 aromatic carbocycles. The van der Waals surface area contributed by atoms with Crippen molar-refractivity contribution in [1.82, 2.24) is 9.78 Å². The average Bonchev–Trinajstić information content (AvgIpc) is 2.74. The van der Waals surface area contributed by atoms with Crippen LogP contribution in [0.15, 0.2) is 65.5 Å². The number of hydrogen-bond acceptors (Lipinski definition) is 4. The number of ether oxygens (including phenoxy) is 1. The number of fused-ring (bicyclic) bond motifs is 1. The van der Waals surface area contributed by atoms with Crippen molar-refractivity contribution in [2.24, 2.45) is 0 Å². The molecular weight excluding hydrogens is 366 g/mol. The SMILES string of the molecule is Cc1ccc2c(c1)CCCN2C(=O)c1ccc(=O)n(CCOc2ccccc2)n1. The molecule has 4 rings (SSSR count). The quantitative estimate of drug-likeness (QED) is 0.672. The van der Waals surface area contributed by atoms with E-state index in [1.54, 1.807) is 4.90 Å². The molecule has 6 heteroatoms. The molecule has 6 nitrogen and oxygen atoms in total. The molecular formula is C23H23N3O3. The molecule has 0 bridgehead atoms. The Morgan fingerprint density at radius 1 is 1.10 bits per heavy atom. The highest BCUT2D eigenvalue weighted by Crippen LogP contribution is 2.28. The number of hydrogen-bond donors (Lipinski definition) is 0. The van der Waals surface area contributed by atoms with Gasteiger partial charge in [0.05, 0.1) is 6.54 Å². The van der Waals surface area contributed by atoms with Gasteiger partial charge in [0.15, 0.2) is 0 Å². The minimum Gasteiger partial charge on any atom is -0.492 e. The van der Waals surface area contributed by atoms with Crippen LogP contribution in [0.2, 0.25) is 0 Å². The Morgan fingerprint density at radius 2 is 1.93 bits per heavy atom. The molecule has 29 heavy (non-hydrogen) atoms. The van der Waals surface area contributed by atoms with E-state index < -0.39 is 0 Å². The van der Waals surface area contributed by atoms with Gasteiger partial charge < -0.3 is 9.64 Å². The molecule has 0 unspecified atom stereocenters. The van der Waals surface area contributed by atoms with Crippen LogP contribution < -0.4 is 15.2 Å². The Hall–Kier alpha value is -3.41. The van der Waals surface area contributed by atoms with Crippen LogP contribution in [-0.4, -0.2) is 28.8 Å². The van der Waals surface area contributed by atoms with E-state index in [4.69, 9.17) is 4.74 Å². The lowest BCUT2D eigenvalue weighted by molar-refractivity contribution is 0.0977. The number of anilines is 1. The second-order valence-electron chi connectivity index (χ2n) is 7.13. The van der Waals surface area contributed by atoms with Crippen molar-refractivity contribution in [3.63, 3.8) is 0 Å². The van der Waals surface area contributed by atoms with Gasteiger partial charge in [0.2, 0.25) is 0 Å². The van der Waals surface area contributed by atoms with E-state index in [1.807, 2.05) is 42.5 Å². The molecule has 0 saturated carbocycles. The Bertz CT molecular complexity index is 1080. The largest absolute Gasteiger partial charge is 0.492 e. The van der Waals surface area contributed by atoms with Crippen LogP contribution in [-0.2, 0) is 13.0 Å². The zero-order valence-electron chi connectivity index (χ0n) is 16.4. The van der Waals surface area contributed by atoms with Crippen molar-refractivity contribution in [3.05, 3.63) is 87.8 Å². The highest BCUT2D eigenvalue weighted by atomic mass is 16.5. The van der Waals surface area contributed by atoms with Crippen LogP contribution in [0.1, 0.15) is 28.0 Å². The van der Waals surface area contributed by atoms with Gasteiger partial charge in [-0.05, 0) is 49.6 Å². The van der Waals surface area contributed by atoms with E-state index in [9.17, 15) is 9.59 Å². The first-order valence-electron chi connectivity index (χ1n) is 9.79. The molecule has 0 aliphatic carbocycles. The molecule has 0 fully saturated rings. The molecule has 148 valence electrons. The van der Waals surface area contributed by atoms with Gasteiger partial charge in [-0.1, -0.05) is 35.9 Å². The monoisotopic (exact) mass is 389 g/mol. The summed E-state index contributed by atoms with van der Waals surface area (Å²) in [6.07, 6.45) is 1.87. The minimum absolute atomic E-state index is 0.187. The predicted octanol–water partition coefficient (Wildman–Crippen LogP) is 3.22. The summed E-state index contributed by atoms with van der Waals surface area (Å²) < 4.78 is 6.93. The van der Waals surface area contributed by atoms with Crippen LogP contribution >= 0.6 is 0 Å². The maximum Gasteiger partial charge on any atom is 0.278 e. The predicted molar refractivity (Wildman–Crippen MR) is 112 cm³/mol. The summed E-state index contributed by atoms with van der Waals surface area (Å²) in [6.45, 7) is 3.26. The first kappa shape index (κ1) is 18.9. The number of carbonyl (C=O) groups excluding carboxylic acids is 1. The van der Waals surface area contributed by atoms with Crippen molar-refractivity contribution < 1.29 is 9.53 Å². The lowest BCUT2D eigenvalue weighted by Gasteiger charge is -2.29. The fourth-order valence-corrected chi connectivity index (χ4v) is 3.57. The molecule has 2 heterocycles. The lowest BCUT2D eigenvalue weighted by atomic mass is 9.99. The van der Waals surface area contributed by atoms with Crippen molar-refractivity contribution in [1.29, 1.82) is 0 Å². The molecule has 1 aliphatic heterocycles. The van der Waals surface area contributed by atoms with Crippen LogP contribution in [0, 0.1) is 6.92 Å². The number of rotatable bonds is 5. The van der Waals surface area contributed by atoms with Gasteiger partial charge in [-0.15, -0.1) is 0 Å². The molecule has 0 atom stereocenters. The Kier molecular flexibility index (Phi) is 5.42. The summed E-state index contributed by atoms with van der Waals surface area (Å²) in [7, 11) is 0. The molecule has 1 aromatic heterocycles. The van der Waals surface area contributed by atoms with Crippen LogP contribution in [0.25, 0.3) is 0 Å². The first-order valence-corrected chi connectivity index (χ1v) is 9.79. The summed E-state index contributed by atoms with van der Waals surface area (Å²) in [5.41, 5.74) is 3.29. The standard InChI is InChI=1S/C23H23N3O3/c1-17-9-11-21-18(16-17)6-5-13-25(21)23(28)20-10-12-22(27)26(24-20)14-15-29-19-7-3-2-4-8-19/h2-4,7-12,16H,5-6,13-15H2,1H3. The second-order valence-corrected chi connectivity index (χ2v) is 7.13. The normalized spacial score (nSPS) is 13.1. The second kappa shape index (κ2) is 8.31. The molecule has 0 saturated heterocycles. The summed E-state index contributed by atoms with van der Waals surface area (Å²) in [5.74, 6) is 0.542. The van der Waals surface area contributed by atoms with Gasteiger partial charge in [-0.3, -0.25) is 9.59 Å². The third kappa shape index (κ3) is 4.21. The number of carbonyl (C=O) groups is 1. The van der Waals surface area contributed by atoms with Gasteiger partial charge in [-0.2, -0.15) is 5.10 Å². The average molecular weight is 389 g/mol. The molecule has 0 N–H and O–H groups in total. The number of nitrogens with zero attached hydrogens (tertiary/aromatic N) is 3. The van der Waals surface area contributed by atoms with Crippen molar-refractivity contribution in [2.45, 2.75) is 26.3 Å². The number of aromatic nitrogens is 2. The van der Waals surface area contributed by atoms with E-state index in [1.165, 1.54) is 27.9 Å². The van der Waals surface area contributed by atoms with E-state index in [0.29, 0.717) is 13.2 Å². The third-order valence-corrected chi connectivity index (χ3v) is 5.00. The van der Waals surface area contributed by atoms with Gasteiger partial charge >= 0.3 is 0 Å². The zero-order chi connectivity index (χ0) is 20.2. The van der Waals surface area contributed by atoms with Gasteiger partial charge in [0, 0.05) is 18.3 Å². The van der Waals surface area contributed by atoms with Crippen LogP contribution in [0.3, 0.4) is 0 Å². The fraction of sp³-hybridized carbons (Fsp3) is 0.261. The van der Waals surface area contributed by atoms with Gasteiger partial charge in [0.25, 0.3) is 11.5 Å². The van der Waals surface area contributed by atoms with E-state index in [2.05, 4.69) is 18.1 Å². The molecule has 0 radical (unpaired) electrons. The highest BCUT2D eigenvalue weighted by molar-refractivity contribution is 6.05. The van der Waals surface area contributed by atoms with Crippen molar-refractivity contribution in [3.8, 4) is 5.75 Å². The molecule has 0 spiro atoms. The van der Waals surface area contributed by atoms with Crippen LogP contribution in [0.4, 0.5) is 5.69 Å². The number of amides is 1. The Balaban J connectivity index is 1.51. The van der Waals surface area contributed by atoms with Gasteiger partial charge in [-0.25, -0.2) is 4.68 Å². The van der Waals surface area contributed by atoms with Crippen molar-refractivity contribution >= 4 is 11.6 Å². The topological polar surface area (TPSA) is 64.4 Å². The van der Waals surface area contributed by atoms with E-state index in [-0.39, 0.29) is 23.7 Å². The smallest absolute Gasteiger partial charge is 0.278 e.